The van der Waals surface area contributed by atoms with Crippen LogP contribution in [0.3, 0.4) is 0 Å². The number of aryl methyl sites for hydroxylation is 1. The van der Waals surface area contributed by atoms with E-state index in [4.69, 9.17) is 12.6 Å². The van der Waals surface area contributed by atoms with Crippen molar-refractivity contribution < 1.29 is 14.6 Å². The molecule has 0 aliphatic heterocycles. The maximum Gasteiger partial charge on any atom is 0.342 e. The molecular formula is C12H15BO3. The maximum atomic E-state index is 11.7. The highest BCUT2D eigenvalue weighted by atomic mass is 16.5. The Hall–Kier alpha value is -1.45. The van der Waals surface area contributed by atoms with Crippen LogP contribution in [0.15, 0.2) is 6.07 Å². The Morgan fingerprint density at radius 2 is 2.00 bits per heavy atom. The van der Waals surface area contributed by atoms with Crippen LogP contribution in [0.25, 0.3) is 0 Å². The Morgan fingerprint density at radius 1 is 1.44 bits per heavy atom. The lowest BCUT2D eigenvalue weighted by Crippen LogP contribution is -2.17. The van der Waals surface area contributed by atoms with Crippen molar-refractivity contribution >= 4 is 19.3 Å². The molecular weight excluding hydrogens is 203 g/mol. The molecule has 16 heavy (non-hydrogen) atoms. The van der Waals surface area contributed by atoms with Crippen molar-refractivity contribution in [3.05, 3.63) is 22.8 Å². The van der Waals surface area contributed by atoms with Gasteiger partial charge in [-0.3, -0.25) is 0 Å². The van der Waals surface area contributed by atoms with Gasteiger partial charge in [-0.05, 0) is 38.8 Å². The maximum absolute atomic E-state index is 11.7. The molecule has 0 aliphatic rings. The summed E-state index contributed by atoms with van der Waals surface area (Å²) in [7, 11) is 5.68. The molecule has 0 atom stereocenters. The minimum absolute atomic E-state index is 0.0943. The normalized spacial score (nSPS) is 10.6. The van der Waals surface area contributed by atoms with E-state index in [-0.39, 0.29) is 17.4 Å². The van der Waals surface area contributed by atoms with Gasteiger partial charge in [0.25, 0.3) is 0 Å². The Kier molecular flexibility index (Phi) is 3.63. The van der Waals surface area contributed by atoms with Gasteiger partial charge in [-0.15, -0.1) is 0 Å². The van der Waals surface area contributed by atoms with Crippen molar-refractivity contribution in [3.63, 3.8) is 0 Å². The highest BCUT2D eigenvalue weighted by molar-refractivity contribution is 6.33. The summed E-state index contributed by atoms with van der Waals surface area (Å²) in [6.45, 7) is 6.89. The molecule has 0 aromatic heterocycles. The van der Waals surface area contributed by atoms with Crippen molar-refractivity contribution in [1.82, 2.24) is 0 Å². The summed E-state index contributed by atoms with van der Waals surface area (Å²) in [6, 6.07) is 1.66. The first kappa shape index (κ1) is 12.6. The fourth-order valence-electron chi connectivity index (χ4n) is 1.46. The Bertz CT molecular complexity index is 425. The van der Waals surface area contributed by atoms with E-state index in [0.29, 0.717) is 16.6 Å². The Balaban J connectivity index is 3.24. The topological polar surface area (TPSA) is 46.5 Å². The molecule has 0 aliphatic carbocycles. The van der Waals surface area contributed by atoms with Gasteiger partial charge in [-0.2, -0.15) is 0 Å². The molecule has 84 valence electrons. The van der Waals surface area contributed by atoms with E-state index in [9.17, 15) is 9.90 Å². The van der Waals surface area contributed by atoms with Crippen LogP contribution in [0.2, 0.25) is 0 Å². The van der Waals surface area contributed by atoms with Gasteiger partial charge in [0.05, 0.1) is 6.10 Å². The summed E-state index contributed by atoms with van der Waals surface area (Å²) in [5, 5.41) is 9.86. The number of phenolic OH excluding ortho intramolecular Hbond substituents is 1. The summed E-state index contributed by atoms with van der Waals surface area (Å²) in [5.74, 6) is -0.615. The molecule has 0 heterocycles. The molecule has 0 amide bonds. The predicted molar refractivity (Wildman–Crippen MR) is 63.5 cm³/mol. The number of hydrogen-bond donors (Lipinski definition) is 1. The van der Waals surface area contributed by atoms with Gasteiger partial charge in [0, 0.05) is 0 Å². The second kappa shape index (κ2) is 4.60. The van der Waals surface area contributed by atoms with E-state index in [0.717, 1.165) is 0 Å². The van der Waals surface area contributed by atoms with E-state index in [2.05, 4.69) is 0 Å². The van der Waals surface area contributed by atoms with Crippen molar-refractivity contribution in [3.8, 4) is 5.75 Å². The average Bonchev–Trinajstić information content (AvgIpc) is 2.13. The Labute approximate surface area is 96.8 Å². The number of benzene rings is 1. The highest BCUT2D eigenvalue weighted by Crippen LogP contribution is 2.24. The molecule has 0 spiro atoms. The number of rotatable bonds is 2. The smallest absolute Gasteiger partial charge is 0.342 e. The summed E-state index contributed by atoms with van der Waals surface area (Å²) >= 11 is 0. The van der Waals surface area contributed by atoms with E-state index in [1.54, 1.807) is 33.8 Å². The summed E-state index contributed by atoms with van der Waals surface area (Å²) in [5.41, 5.74) is 1.78. The SMILES string of the molecule is [B]c1cc(C)c(C(=O)OC(C)C)c(O)c1C. The van der Waals surface area contributed by atoms with Gasteiger partial charge in [0.15, 0.2) is 0 Å². The van der Waals surface area contributed by atoms with Crippen molar-refractivity contribution in [2.45, 2.75) is 33.8 Å². The number of aromatic hydroxyl groups is 1. The first-order valence-electron chi connectivity index (χ1n) is 5.14. The number of ether oxygens (including phenoxy) is 1. The molecule has 1 aromatic rings. The van der Waals surface area contributed by atoms with Gasteiger partial charge in [0.2, 0.25) is 0 Å². The predicted octanol–water partition coefficient (Wildman–Crippen LogP) is 1.37. The van der Waals surface area contributed by atoms with Crippen LogP contribution in [0.4, 0.5) is 0 Å². The zero-order valence-corrected chi connectivity index (χ0v) is 10.00. The third-order valence-corrected chi connectivity index (χ3v) is 2.34. The van der Waals surface area contributed by atoms with Crippen molar-refractivity contribution in [1.29, 1.82) is 0 Å². The summed E-state index contributed by atoms with van der Waals surface area (Å²) in [6.07, 6.45) is -0.218. The van der Waals surface area contributed by atoms with Crippen LogP contribution in [0.1, 0.15) is 35.3 Å². The number of phenols is 1. The largest absolute Gasteiger partial charge is 0.507 e. The highest BCUT2D eigenvalue weighted by Gasteiger charge is 2.19. The zero-order chi connectivity index (χ0) is 12.5. The van der Waals surface area contributed by atoms with Crippen LogP contribution in [-0.2, 0) is 4.74 Å². The minimum atomic E-state index is -0.520. The van der Waals surface area contributed by atoms with E-state index in [1.807, 2.05) is 0 Å². The third-order valence-electron chi connectivity index (χ3n) is 2.34. The number of esters is 1. The van der Waals surface area contributed by atoms with E-state index < -0.39 is 5.97 Å². The molecule has 0 saturated heterocycles. The molecule has 2 radical (unpaired) electrons. The second-order valence-corrected chi connectivity index (χ2v) is 4.09. The van der Waals surface area contributed by atoms with Crippen molar-refractivity contribution in [2.75, 3.05) is 0 Å². The van der Waals surface area contributed by atoms with Gasteiger partial charge in [0.1, 0.15) is 19.2 Å². The third kappa shape index (κ3) is 2.38. The molecule has 1 rings (SSSR count). The average molecular weight is 218 g/mol. The molecule has 4 heteroatoms. The fraction of sp³-hybridized carbons (Fsp3) is 0.417. The number of carbonyl (C=O) groups excluding carboxylic acids is 1. The van der Waals surface area contributed by atoms with Gasteiger partial charge < -0.3 is 9.84 Å². The zero-order valence-electron chi connectivity index (χ0n) is 10.00. The lowest BCUT2D eigenvalue weighted by Gasteiger charge is -2.14. The summed E-state index contributed by atoms with van der Waals surface area (Å²) < 4.78 is 5.05. The lowest BCUT2D eigenvalue weighted by molar-refractivity contribution is 0.0373. The first-order chi connectivity index (χ1) is 7.34. The van der Waals surface area contributed by atoms with Crippen LogP contribution in [0.5, 0.6) is 5.75 Å². The van der Waals surface area contributed by atoms with E-state index >= 15 is 0 Å². The van der Waals surface area contributed by atoms with Crippen molar-refractivity contribution in [2.24, 2.45) is 0 Å². The van der Waals surface area contributed by atoms with Gasteiger partial charge >= 0.3 is 5.97 Å². The monoisotopic (exact) mass is 218 g/mol. The van der Waals surface area contributed by atoms with Gasteiger partial charge in [-0.25, -0.2) is 4.79 Å². The van der Waals surface area contributed by atoms with Crippen LogP contribution >= 0.6 is 0 Å². The molecule has 0 bridgehead atoms. The van der Waals surface area contributed by atoms with E-state index in [1.165, 1.54) is 0 Å². The first-order valence-corrected chi connectivity index (χ1v) is 5.14. The standard InChI is InChI=1S/C12H15BO3/c1-6(2)16-12(15)10-7(3)5-9(13)8(4)11(10)14/h5-6,14H,1-4H3. The quantitative estimate of drug-likeness (QED) is 0.602. The van der Waals surface area contributed by atoms with Crippen LogP contribution in [0, 0.1) is 13.8 Å². The number of carbonyl (C=O) groups is 1. The van der Waals surface area contributed by atoms with Crippen LogP contribution < -0.4 is 5.46 Å². The summed E-state index contributed by atoms with van der Waals surface area (Å²) in [4.78, 5) is 11.7. The van der Waals surface area contributed by atoms with Crippen LogP contribution in [-0.4, -0.2) is 25.0 Å². The molecule has 0 fully saturated rings. The van der Waals surface area contributed by atoms with Gasteiger partial charge in [-0.1, -0.05) is 11.5 Å². The minimum Gasteiger partial charge on any atom is -0.507 e. The molecule has 1 aromatic carbocycles. The Morgan fingerprint density at radius 3 is 2.50 bits per heavy atom. The molecule has 3 nitrogen and oxygen atoms in total. The lowest BCUT2D eigenvalue weighted by atomic mass is 9.87. The molecule has 0 saturated carbocycles. The fourth-order valence-corrected chi connectivity index (χ4v) is 1.46. The molecule has 1 N–H and O–H groups in total. The number of hydrogen-bond acceptors (Lipinski definition) is 3. The molecule has 0 unspecified atom stereocenters. The second-order valence-electron chi connectivity index (χ2n) is 4.09.